The van der Waals surface area contributed by atoms with Gasteiger partial charge in [-0.3, -0.25) is 19.2 Å². The fourth-order valence-corrected chi connectivity index (χ4v) is 9.32. The van der Waals surface area contributed by atoms with Crippen LogP contribution < -0.4 is 9.80 Å². The van der Waals surface area contributed by atoms with E-state index in [1.807, 2.05) is 91.9 Å². The van der Waals surface area contributed by atoms with Gasteiger partial charge < -0.3 is 34.2 Å². The summed E-state index contributed by atoms with van der Waals surface area (Å²) in [6.07, 6.45) is 3.70. The van der Waals surface area contributed by atoms with E-state index in [9.17, 15) is 14.7 Å². The minimum Gasteiger partial charge on any atom is -0.455 e. The van der Waals surface area contributed by atoms with Crippen LogP contribution in [0.4, 0.5) is 11.4 Å². The van der Waals surface area contributed by atoms with E-state index in [-0.39, 0.29) is 31.2 Å². The van der Waals surface area contributed by atoms with Gasteiger partial charge in [0.1, 0.15) is 17.7 Å². The Morgan fingerprint density at radius 2 is 1.60 bits per heavy atom. The van der Waals surface area contributed by atoms with E-state index in [0.717, 1.165) is 24.3 Å². The summed E-state index contributed by atoms with van der Waals surface area (Å²) in [5.74, 6) is -3.58. The predicted octanol–water partition coefficient (Wildman–Crippen LogP) is 6.13. The Balaban J connectivity index is 1.38. The second-order valence-electron chi connectivity index (χ2n) is 15.6. The van der Waals surface area contributed by atoms with Gasteiger partial charge in [0.2, 0.25) is 11.8 Å². The lowest BCUT2D eigenvalue weighted by molar-refractivity contribution is -0.165. The molecule has 1 N–H and O–H groups in total. The molecule has 11 nitrogen and oxygen atoms in total. The average molecular weight is 791 g/mol. The molecule has 3 fully saturated rings. The lowest BCUT2D eigenvalue weighted by atomic mass is 9.70. The summed E-state index contributed by atoms with van der Waals surface area (Å²) in [6, 6.07) is 24.1. The molecule has 3 aromatic carbocycles. The number of likely N-dealkylation sites (N-methyl/N-ethyl adjacent to an activating group) is 1. The van der Waals surface area contributed by atoms with Gasteiger partial charge in [-0.15, -0.1) is 13.2 Å². The number of ether oxygens (including phenoxy) is 2. The van der Waals surface area contributed by atoms with Gasteiger partial charge in [0.25, 0.3) is 5.91 Å². The zero-order valence-electron chi connectivity index (χ0n) is 34.2. The number of benzene rings is 3. The molecule has 3 aliphatic rings. The highest BCUT2D eigenvalue weighted by molar-refractivity contribution is 6.05. The smallest absolute Gasteiger partial charge is 0.313 e. The van der Waals surface area contributed by atoms with Crippen LogP contribution in [0.25, 0.3) is 0 Å². The number of likely N-dealkylation sites (tertiary alicyclic amines) is 1. The van der Waals surface area contributed by atoms with Crippen LogP contribution in [0.1, 0.15) is 63.7 Å². The molecule has 11 heteroatoms. The maximum absolute atomic E-state index is 15.3. The standard InChI is InChI=1S/C47H58N4O7/c1-7-11-22-39(53)48(6)32(5)42(34-20-16-13-17-21-34)57-46(56)40-38-27-28-47(58-38)41(40)44(54)51(37(31-52)30-33-18-14-12-15-19-33)43(47)45(55)50(29-8-2)36-25-23-35(24-26-36)49(9-3)10-4/h7-8,12-21,23-26,32,37-38,40-43,52H,1-2,9-11,22,27-31H2,3-6H3/t32-,37+,38-,40+,41+,42+,43-,47+/m0/s1. The van der Waals surface area contributed by atoms with E-state index in [0.29, 0.717) is 30.5 Å². The summed E-state index contributed by atoms with van der Waals surface area (Å²) in [5, 5.41) is 11.0. The van der Waals surface area contributed by atoms with Gasteiger partial charge >= 0.3 is 5.97 Å². The van der Waals surface area contributed by atoms with Crippen molar-refractivity contribution in [2.45, 2.75) is 88.8 Å². The van der Waals surface area contributed by atoms with E-state index >= 15 is 9.59 Å². The molecule has 2 bridgehead atoms. The molecule has 6 rings (SSSR count). The maximum Gasteiger partial charge on any atom is 0.313 e. The van der Waals surface area contributed by atoms with Crippen molar-refractivity contribution in [3.63, 3.8) is 0 Å². The number of anilines is 2. The Morgan fingerprint density at radius 3 is 2.21 bits per heavy atom. The lowest BCUT2D eigenvalue weighted by Gasteiger charge is -2.39. The van der Waals surface area contributed by atoms with Crippen molar-refractivity contribution in [1.29, 1.82) is 0 Å². The Kier molecular flexibility index (Phi) is 13.5. The number of rotatable bonds is 19. The maximum atomic E-state index is 15.3. The van der Waals surface area contributed by atoms with Crippen molar-refractivity contribution in [2.75, 3.05) is 43.1 Å². The minimum atomic E-state index is -1.35. The summed E-state index contributed by atoms with van der Waals surface area (Å²) in [4.78, 5) is 65.3. The van der Waals surface area contributed by atoms with Gasteiger partial charge in [0, 0.05) is 44.5 Å². The first-order chi connectivity index (χ1) is 28.0. The van der Waals surface area contributed by atoms with Gasteiger partial charge in [0.15, 0.2) is 0 Å². The van der Waals surface area contributed by atoms with Crippen LogP contribution in [-0.4, -0.2) is 102 Å². The highest BCUT2D eigenvalue weighted by Gasteiger charge is 2.76. The number of hydrogen-bond donors (Lipinski definition) is 1. The molecule has 0 aliphatic carbocycles. The average Bonchev–Trinajstić information content (AvgIpc) is 3.91. The van der Waals surface area contributed by atoms with E-state index < -0.39 is 66.3 Å². The summed E-state index contributed by atoms with van der Waals surface area (Å²) in [6.45, 7) is 15.1. The number of fused-ring (bicyclic) bond motifs is 1. The number of amides is 3. The van der Waals surface area contributed by atoms with Gasteiger partial charge in [-0.2, -0.15) is 0 Å². The number of aliphatic hydroxyl groups is 1. The summed E-state index contributed by atoms with van der Waals surface area (Å²) < 4.78 is 13.2. The van der Waals surface area contributed by atoms with Crippen molar-refractivity contribution >= 4 is 35.1 Å². The van der Waals surface area contributed by atoms with Crippen molar-refractivity contribution in [2.24, 2.45) is 11.8 Å². The third kappa shape index (κ3) is 8.07. The Morgan fingerprint density at radius 1 is 0.966 bits per heavy atom. The second kappa shape index (κ2) is 18.6. The fourth-order valence-electron chi connectivity index (χ4n) is 9.32. The summed E-state index contributed by atoms with van der Waals surface area (Å²) >= 11 is 0. The predicted molar refractivity (Wildman–Crippen MR) is 225 cm³/mol. The van der Waals surface area contributed by atoms with Crippen LogP contribution in [0.15, 0.2) is 110 Å². The van der Waals surface area contributed by atoms with Gasteiger partial charge in [-0.1, -0.05) is 72.8 Å². The SMILES string of the molecule is C=CCCC(=O)N(C)[C@@H](C)[C@@H](OC(=O)[C@@H]1[C@@H]2CC[C@]3(O2)[C@H](C(=O)N(CC=C)c2ccc(N(CC)CC)cc2)N([C@@H](CO)Cc2ccccc2)C(=O)[C@@H]13)c1ccccc1. The lowest BCUT2D eigenvalue weighted by Crippen LogP contribution is -2.59. The quantitative estimate of drug-likeness (QED) is 0.114. The van der Waals surface area contributed by atoms with E-state index in [2.05, 4.69) is 31.9 Å². The molecule has 3 saturated heterocycles. The first kappa shape index (κ1) is 42.3. The Labute approximate surface area is 342 Å². The van der Waals surface area contributed by atoms with Crippen molar-refractivity contribution in [1.82, 2.24) is 9.80 Å². The summed E-state index contributed by atoms with van der Waals surface area (Å²) in [7, 11) is 1.69. The van der Waals surface area contributed by atoms with Crippen molar-refractivity contribution < 1.29 is 33.8 Å². The number of carbonyl (C=O) groups is 4. The molecule has 58 heavy (non-hydrogen) atoms. The molecular formula is C47H58N4O7. The number of aliphatic hydroxyl groups excluding tert-OH is 1. The molecular weight excluding hydrogens is 733 g/mol. The Hall–Kier alpha value is -5.26. The molecule has 1 spiro atoms. The minimum absolute atomic E-state index is 0.116. The molecule has 3 aliphatic heterocycles. The molecule has 8 atom stereocenters. The molecule has 0 saturated carbocycles. The van der Waals surface area contributed by atoms with E-state index in [4.69, 9.17) is 9.47 Å². The van der Waals surface area contributed by atoms with Crippen LogP contribution in [-0.2, 0) is 35.1 Å². The molecule has 308 valence electrons. The van der Waals surface area contributed by atoms with Crippen LogP contribution >= 0.6 is 0 Å². The summed E-state index contributed by atoms with van der Waals surface area (Å²) in [5.41, 5.74) is 1.89. The number of esters is 1. The normalized spacial score (nSPS) is 23.4. The largest absolute Gasteiger partial charge is 0.455 e. The van der Waals surface area contributed by atoms with Crippen LogP contribution in [0.3, 0.4) is 0 Å². The monoisotopic (exact) mass is 790 g/mol. The van der Waals surface area contributed by atoms with E-state index in [1.165, 1.54) is 4.90 Å². The highest BCUT2D eigenvalue weighted by atomic mass is 16.6. The topological polar surface area (TPSA) is 120 Å². The fraction of sp³-hybridized carbons (Fsp3) is 0.447. The molecule has 3 aromatic rings. The zero-order valence-corrected chi connectivity index (χ0v) is 34.2. The van der Waals surface area contributed by atoms with Crippen molar-refractivity contribution in [3.05, 3.63) is 121 Å². The van der Waals surface area contributed by atoms with Gasteiger partial charge in [-0.25, -0.2) is 0 Å². The zero-order chi connectivity index (χ0) is 41.6. The van der Waals surface area contributed by atoms with Gasteiger partial charge in [-0.05, 0) is 81.8 Å². The number of carbonyl (C=O) groups excluding carboxylic acids is 4. The van der Waals surface area contributed by atoms with Crippen LogP contribution in [0.5, 0.6) is 0 Å². The number of nitrogens with zero attached hydrogens (tertiary/aromatic N) is 4. The molecule has 0 radical (unpaired) electrons. The molecule has 3 heterocycles. The van der Waals surface area contributed by atoms with E-state index in [1.54, 1.807) is 29.0 Å². The molecule has 0 aromatic heterocycles. The number of allylic oxidation sites excluding steroid dienone is 1. The second-order valence-corrected chi connectivity index (χ2v) is 15.6. The van der Waals surface area contributed by atoms with Gasteiger partial charge in [0.05, 0.1) is 36.6 Å². The third-order valence-corrected chi connectivity index (χ3v) is 12.4. The molecule has 3 amide bonds. The van der Waals surface area contributed by atoms with Crippen LogP contribution in [0.2, 0.25) is 0 Å². The first-order valence-corrected chi connectivity index (χ1v) is 20.6. The Bertz CT molecular complexity index is 1920. The molecule has 0 unspecified atom stereocenters. The van der Waals surface area contributed by atoms with Crippen molar-refractivity contribution in [3.8, 4) is 0 Å². The highest BCUT2D eigenvalue weighted by Crippen LogP contribution is 2.59. The first-order valence-electron chi connectivity index (χ1n) is 20.6. The number of hydrogen-bond acceptors (Lipinski definition) is 8. The third-order valence-electron chi connectivity index (χ3n) is 12.4. The van der Waals surface area contributed by atoms with Crippen LogP contribution in [0, 0.1) is 11.8 Å².